The number of rotatable bonds is 9. The van der Waals surface area contributed by atoms with Crippen molar-refractivity contribution < 1.29 is 9.13 Å². The molecule has 1 rings (SSSR count). The highest BCUT2D eigenvalue weighted by atomic mass is 32.2. The van der Waals surface area contributed by atoms with Crippen molar-refractivity contribution in [1.82, 2.24) is 5.32 Å². The van der Waals surface area contributed by atoms with Gasteiger partial charge in [-0.1, -0.05) is 19.9 Å². The highest BCUT2D eigenvalue weighted by Gasteiger charge is 2.09. The van der Waals surface area contributed by atoms with Crippen LogP contribution in [0.2, 0.25) is 0 Å². The Morgan fingerprint density at radius 2 is 2.16 bits per heavy atom. The predicted molar refractivity (Wildman–Crippen MR) is 81.6 cm³/mol. The van der Waals surface area contributed by atoms with Crippen LogP contribution in [0.5, 0.6) is 5.75 Å². The molecule has 0 aliphatic rings. The summed E-state index contributed by atoms with van der Waals surface area (Å²) in [4.78, 5) is 0. The van der Waals surface area contributed by atoms with Crippen LogP contribution in [-0.4, -0.2) is 24.7 Å². The lowest BCUT2D eigenvalue weighted by molar-refractivity contribution is 0.302. The summed E-state index contributed by atoms with van der Waals surface area (Å²) in [5, 5.41) is 3.26. The molecule has 0 saturated heterocycles. The Balaban J connectivity index is 2.47. The molecule has 0 radical (unpaired) electrons. The first kappa shape index (κ1) is 16.3. The fourth-order valence-corrected chi connectivity index (χ4v) is 2.43. The number of halogens is 1. The van der Waals surface area contributed by atoms with Crippen molar-refractivity contribution in [2.45, 2.75) is 33.2 Å². The van der Waals surface area contributed by atoms with Gasteiger partial charge in [0.2, 0.25) is 0 Å². The summed E-state index contributed by atoms with van der Waals surface area (Å²) in [6.45, 7) is 7.65. The third-order valence-corrected chi connectivity index (χ3v) is 3.85. The van der Waals surface area contributed by atoms with Gasteiger partial charge in [0.05, 0.1) is 6.61 Å². The molecule has 0 aliphatic carbocycles. The van der Waals surface area contributed by atoms with Crippen LogP contribution < -0.4 is 10.1 Å². The van der Waals surface area contributed by atoms with Gasteiger partial charge >= 0.3 is 0 Å². The Morgan fingerprint density at radius 1 is 1.37 bits per heavy atom. The molecule has 1 aromatic rings. The molecule has 0 aliphatic heterocycles. The molecule has 1 N–H and O–H groups in total. The van der Waals surface area contributed by atoms with Gasteiger partial charge in [-0.15, -0.1) is 0 Å². The van der Waals surface area contributed by atoms with E-state index in [1.54, 1.807) is 12.1 Å². The molecule has 0 bridgehead atoms. The Morgan fingerprint density at radius 3 is 2.79 bits per heavy atom. The van der Waals surface area contributed by atoms with Gasteiger partial charge in [-0.05, 0) is 49.1 Å². The van der Waals surface area contributed by atoms with E-state index in [0.717, 1.165) is 30.0 Å². The van der Waals surface area contributed by atoms with E-state index in [1.165, 1.54) is 0 Å². The quantitative estimate of drug-likeness (QED) is 0.692. The molecule has 0 fully saturated rings. The van der Waals surface area contributed by atoms with E-state index in [2.05, 4.69) is 12.2 Å². The maximum atomic E-state index is 13.9. The highest BCUT2D eigenvalue weighted by Crippen LogP contribution is 2.22. The Kier molecular flexibility index (Phi) is 7.91. The van der Waals surface area contributed by atoms with Gasteiger partial charge in [-0.25, -0.2) is 4.39 Å². The number of nitrogens with one attached hydrogen (secondary N) is 1. The van der Waals surface area contributed by atoms with E-state index in [9.17, 15) is 4.39 Å². The average molecular weight is 285 g/mol. The lowest BCUT2D eigenvalue weighted by Gasteiger charge is -2.14. The topological polar surface area (TPSA) is 21.3 Å². The summed E-state index contributed by atoms with van der Waals surface area (Å²) in [7, 11) is 0. The summed E-state index contributed by atoms with van der Waals surface area (Å²) < 4.78 is 19.3. The molecule has 0 aromatic heterocycles. The fraction of sp³-hybridized carbons (Fsp3) is 0.600. The van der Waals surface area contributed by atoms with Gasteiger partial charge in [0, 0.05) is 6.04 Å². The number of thioether (sulfide) groups is 1. The molecule has 4 heteroatoms. The van der Waals surface area contributed by atoms with Gasteiger partial charge < -0.3 is 10.1 Å². The first-order chi connectivity index (χ1) is 9.19. The van der Waals surface area contributed by atoms with Crippen LogP contribution >= 0.6 is 11.8 Å². The van der Waals surface area contributed by atoms with E-state index in [1.807, 2.05) is 31.7 Å². The van der Waals surface area contributed by atoms with Crippen LogP contribution in [0.25, 0.3) is 0 Å². The number of hydrogen-bond acceptors (Lipinski definition) is 3. The number of hydrogen-bond donors (Lipinski definition) is 1. The number of benzene rings is 1. The maximum Gasteiger partial charge on any atom is 0.165 e. The fourth-order valence-electron chi connectivity index (χ4n) is 1.81. The van der Waals surface area contributed by atoms with Crippen LogP contribution in [0.3, 0.4) is 0 Å². The highest BCUT2D eigenvalue weighted by molar-refractivity contribution is 7.99. The normalized spacial score (nSPS) is 12.4. The largest absolute Gasteiger partial charge is 0.490 e. The summed E-state index contributed by atoms with van der Waals surface area (Å²) >= 11 is 1.88. The molecule has 0 saturated carbocycles. The second kappa shape index (κ2) is 9.21. The van der Waals surface area contributed by atoms with Crippen molar-refractivity contribution in [3.8, 4) is 5.75 Å². The van der Waals surface area contributed by atoms with Crippen molar-refractivity contribution in [2.75, 3.05) is 24.7 Å². The molecule has 0 amide bonds. The Labute approximate surface area is 120 Å². The van der Waals surface area contributed by atoms with Crippen LogP contribution in [-0.2, 0) is 0 Å². The predicted octanol–water partition coefficient (Wildman–Crippen LogP) is 4.02. The molecule has 1 atom stereocenters. The Bertz CT molecular complexity index is 373. The molecule has 19 heavy (non-hydrogen) atoms. The number of ether oxygens (including phenoxy) is 1. The van der Waals surface area contributed by atoms with Crippen LogP contribution in [0.15, 0.2) is 18.2 Å². The van der Waals surface area contributed by atoms with Crippen LogP contribution in [0.4, 0.5) is 4.39 Å². The van der Waals surface area contributed by atoms with Crippen molar-refractivity contribution >= 4 is 11.8 Å². The van der Waals surface area contributed by atoms with Crippen molar-refractivity contribution in [3.63, 3.8) is 0 Å². The monoisotopic (exact) mass is 285 g/mol. The van der Waals surface area contributed by atoms with Gasteiger partial charge in [0.15, 0.2) is 11.6 Å². The lowest BCUT2D eigenvalue weighted by Crippen LogP contribution is -2.17. The third-order valence-electron chi connectivity index (χ3n) is 2.86. The zero-order valence-electron chi connectivity index (χ0n) is 12.0. The van der Waals surface area contributed by atoms with Crippen molar-refractivity contribution in [1.29, 1.82) is 0 Å². The summed E-state index contributed by atoms with van der Waals surface area (Å²) in [6, 6.07) is 5.37. The van der Waals surface area contributed by atoms with Gasteiger partial charge in [0.25, 0.3) is 0 Å². The summed E-state index contributed by atoms with van der Waals surface area (Å²) in [5.41, 5.74) is 0.952. The second-order valence-corrected chi connectivity index (χ2v) is 5.76. The molecular weight excluding hydrogens is 261 g/mol. The molecule has 1 unspecified atom stereocenters. The van der Waals surface area contributed by atoms with E-state index < -0.39 is 0 Å². The zero-order valence-corrected chi connectivity index (χ0v) is 12.9. The second-order valence-electron chi connectivity index (χ2n) is 4.37. The first-order valence-electron chi connectivity index (χ1n) is 6.92. The first-order valence-corrected chi connectivity index (χ1v) is 8.07. The standard InChI is InChI=1S/C15H24FNOS/c1-4-17-12(3)13-7-8-15(14(16)11-13)18-9-6-10-19-5-2/h7-8,11-12,17H,4-6,9-10H2,1-3H3. The van der Waals surface area contributed by atoms with Gasteiger partial charge in [0.1, 0.15) is 0 Å². The van der Waals surface area contributed by atoms with Crippen LogP contribution in [0, 0.1) is 5.82 Å². The van der Waals surface area contributed by atoms with Gasteiger partial charge in [-0.3, -0.25) is 0 Å². The molecular formula is C15H24FNOS. The van der Waals surface area contributed by atoms with E-state index in [4.69, 9.17) is 4.74 Å². The minimum atomic E-state index is -0.273. The molecule has 0 heterocycles. The smallest absolute Gasteiger partial charge is 0.165 e. The zero-order chi connectivity index (χ0) is 14.1. The van der Waals surface area contributed by atoms with Crippen molar-refractivity contribution in [2.24, 2.45) is 0 Å². The SMILES string of the molecule is CCNC(C)c1ccc(OCCCSCC)c(F)c1. The molecule has 108 valence electrons. The lowest BCUT2D eigenvalue weighted by atomic mass is 10.1. The van der Waals surface area contributed by atoms with Crippen LogP contribution in [0.1, 0.15) is 38.8 Å². The summed E-state index contributed by atoms with van der Waals surface area (Å²) in [6.07, 6.45) is 0.952. The van der Waals surface area contributed by atoms with Crippen molar-refractivity contribution in [3.05, 3.63) is 29.6 Å². The molecule has 0 spiro atoms. The minimum Gasteiger partial charge on any atom is -0.490 e. The van der Waals surface area contributed by atoms with Gasteiger partial charge in [-0.2, -0.15) is 11.8 Å². The summed E-state index contributed by atoms with van der Waals surface area (Å²) in [5.74, 6) is 2.26. The van der Waals surface area contributed by atoms with E-state index >= 15 is 0 Å². The molecule has 2 nitrogen and oxygen atoms in total. The molecule has 1 aromatic carbocycles. The minimum absolute atomic E-state index is 0.162. The van der Waals surface area contributed by atoms with E-state index in [0.29, 0.717) is 12.4 Å². The average Bonchev–Trinajstić information content (AvgIpc) is 2.40. The Hall–Kier alpha value is -0.740. The van der Waals surface area contributed by atoms with E-state index in [-0.39, 0.29) is 11.9 Å². The maximum absolute atomic E-state index is 13.9. The third kappa shape index (κ3) is 5.83.